The number of fused-ring (bicyclic) bond motifs is 3. The van der Waals surface area contributed by atoms with Gasteiger partial charge in [-0.05, 0) is 37.5 Å². The van der Waals surface area contributed by atoms with Crippen LogP contribution in [0.25, 0.3) is 0 Å². The number of ether oxygens (including phenoxy) is 1. The van der Waals surface area contributed by atoms with Crippen molar-refractivity contribution in [3.63, 3.8) is 0 Å². The Kier molecular flexibility index (Phi) is 3.77. The Morgan fingerprint density at radius 1 is 1.33 bits per heavy atom. The third kappa shape index (κ3) is 3.11. The Morgan fingerprint density at radius 3 is 2.50 bits per heavy atom. The molecule has 0 saturated heterocycles. The van der Waals surface area contributed by atoms with Gasteiger partial charge in [-0.2, -0.15) is 0 Å². The molecule has 3 aliphatic carbocycles. The maximum absolute atomic E-state index is 11.3. The van der Waals surface area contributed by atoms with Gasteiger partial charge in [-0.15, -0.1) is 0 Å². The third-order valence-corrected chi connectivity index (χ3v) is 4.63. The molecular weight excluding hydrogens is 254 g/mol. The maximum Gasteiger partial charge on any atom is 0.330 e. The molecule has 0 aliphatic heterocycles. The lowest BCUT2D eigenvalue weighted by molar-refractivity contribution is -0.152. The third-order valence-electron chi connectivity index (χ3n) is 3.89. The normalized spacial score (nSPS) is 35.2. The molecule has 4 unspecified atom stereocenters. The first kappa shape index (κ1) is 13.5. The van der Waals surface area contributed by atoms with Crippen molar-refractivity contribution < 1.29 is 17.9 Å². The second-order valence-electron chi connectivity index (χ2n) is 5.24. The van der Waals surface area contributed by atoms with E-state index >= 15 is 0 Å². The molecule has 6 heteroatoms. The SMILES string of the molecule is C=CC(=O)OC1CC2CCC1CC2NS(C)(=O)=O. The Labute approximate surface area is 108 Å². The van der Waals surface area contributed by atoms with Crippen molar-refractivity contribution in [3.05, 3.63) is 12.7 Å². The van der Waals surface area contributed by atoms with Gasteiger partial charge in [0.1, 0.15) is 6.10 Å². The van der Waals surface area contributed by atoms with E-state index in [9.17, 15) is 13.2 Å². The number of nitrogens with one attached hydrogen (secondary N) is 1. The average molecular weight is 273 g/mol. The fourth-order valence-corrected chi connectivity index (χ4v) is 3.98. The van der Waals surface area contributed by atoms with Crippen molar-refractivity contribution in [2.24, 2.45) is 11.8 Å². The van der Waals surface area contributed by atoms with E-state index < -0.39 is 10.0 Å². The van der Waals surface area contributed by atoms with Crippen LogP contribution in [0.3, 0.4) is 0 Å². The predicted molar refractivity (Wildman–Crippen MR) is 67.3 cm³/mol. The summed E-state index contributed by atoms with van der Waals surface area (Å²) in [5, 5.41) is 0. The number of rotatable bonds is 4. The molecule has 3 saturated carbocycles. The van der Waals surface area contributed by atoms with E-state index in [1.165, 1.54) is 12.3 Å². The summed E-state index contributed by atoms with van der Waals surface area (Å²) in [5.74, 6) is 0.144. The summed E-state index contributed by atoms with van der Waals surface area (Å²) in [7, 11) is -3.17. The summed E-state index contributed by atoms with van der Waals surface area (Å²) in [5.41, 5.74) is 0. The van der Waals surface area contributed by atoms with Crippen LogP contribution in [0.1, 0.15) is 25.7 Å². The lowest BCUT2D eigenvalue weighted by Gasteiger charge is -2.46. The minimum absolute atomic E-state index is 0.00238. The lowest BCUT2D eigenvalue weighted by atomic mass is 9.66. The molecule has 3 fully saturated rings. The number of carbonyl (C=O) groups excluding carboxylic acids is 1. The number of sulfonamides is 1. The molecular formula is C12H19NO4S. The zero-order valence-corrected chi connectivity index (χ0v) is 11.3. The van der Waals surface area contributed by atoms with Crippen LogP contribution in [-0.2, 0) is 19.6 Å². The molecule has 0 heterocycles. The Balaban J connectivity index is 1.99. The van der Waals surface area contributed by atoms with E-state index in [1.807, 2.05) is 0 Å². The van der Waals surface area contributed by atoms with Crippen LogP contribution in [0.2, 0.25) is 0 Å². The standard InChI is InChI=1S/C12H19NO4S/c1-3-12(14)17-11-7-8-4-5-9(11)6-10(8)13-18(2,15)16/h3,8-11,13H,1,4-7H2,2H3. The summed E-state index contributed by atoms with van der Waals surface area (Å²) >= 11 is 0. The monoisotopic (exact) mass is 273 g/mol. The van der Waals surface area contributed by atoms with E-state index in [0.717, 1.165) is 25.7 Å². The van der Waals surface area contributed by atoms with Gasteiger partial charge in [-0.25, -0.2) is 17.9 Å². The smallest absolute Gasteiger partial charge is 0.330 e. The molecule has 3 rings (SSSR count). The van der Waals surface area contributed by atoms with Crippen LogP contribution < -0.4 is 4.72 Å². The second-order valence-corrected chi connectivity index (χ2v) is 7.02. The highest BCUT2D eigenvalue weighted by atomic mass is 32.2. The topological polar surface area (TPSA) is 72.5 Å². The first-order valence-electron chi connectivity index (χ1n) is 6.19. The van der Waals surface area contributed by atoms with E-state index in [4.69, 9.17) is 4.74 Å². The quantitative estimate of drug-likeness (QED) is 0.608. The molecule has 18 heavy (non-hydrogen) atoms. The minimum atomic E-state index is -3.17. The Bertz CT molecular complexity index is 445. The molecule has 1 N–H and O–H groups in total. The maximum atomic E-state index is 11.3. The highest BCUT2D eigenvalue weighted by Gasteiger charge is 2.44. The van der Waals surface area contributed by atoms with Gasteiger partial charge in [0.25, 0.3) is 0 Å². The van der Waals surface area contributed by atoms with Gasteiger partial charge >= 0.3 is 5.97 Å². The molecule has 3 aliphatic rings. The zero-order valence-electron chi connectivity index (χ0n) is 10.5. The molecule has 5 nitrogen and oxygen atoms in total. The molecule has 102 valence electrons. The van der Waals surface area contributed by atoms with E-state index in [-0.39, 0.29) is 30.0 Å². The predicted octanol–water partition coefficient (Wildman–Crippen LogP) is 0.822. The molecule has 0 spiro atoms. The van der Waals surface area contributed by atoms with Gasteiger partial charge in [0, 0.05) is 12.1 Å². The fraction of sp³-hybridized carbons (Fsp3) is 0.750. The van der Waals surface area contributed by atoms with Crippen LogP contribution in [0.5, 0.6) is 0 Å². The summed E-state index contributed by atoms with van der Waals surface area (Å²) in [4.78, 5) is 11.2. The number of esters is 1. The lowest BCUT2D eigenvalue weighted by Crippen LogP contribution is -2.52. The molecule has 0 amide bonds. The molecule has 0 aromatic carbocycles. The van der Waals surface area contributed by atoms with Crippen molar-refractivity contribution in [1.82, 2.24) is 4.72 Å². The van der Waals surface area contributed by atoms with Crippen LogP contribution in [0.15, 0.2) is 12.7 Å². The van der Waals surface area contributed by atoms with Crippen LogP contribution >= 0.6 is 0 Å². The highest BCUT2D eigenvalue weighted by Crippen LogP contribution is 2.43. The van der Waals surface area contributed by atoms with E-state index in [2.05, 4.69) is 11.3 Å². The van der Waals surface area contributed by atoms with Crippen LogP contribution in [0.4, 0.5) is 0 Å². The Morgan fingerprint density at radius 2 is 2.00 bits per heavy atom. The van der Waals surface area contributed by atoms with Gasteiger partial charge in [-0.3, -0.25) is 0 Å². The van der Waals surface area contributed by atoms with E-state index in [0.29, 0.717) is 0 Å². The first-order chi connectivity index (χ1) is 8.39. The summed E-state index contributed by atoms with van der Waals surface area (Å²) in [6.45, 7) is 3.39. The van der Waals surface area contributed by atoms with Crippen molar-refractivity contribution in [2.45, 2.75) is 37.8 Å². The van der Waals surface area contributed by atoms with E-state index in [1.54, 1.807) is 0 Å². The fourth-order valence-electron chi connectivity index (χ4n) is 3.14. The van der Waals surface area contributed by atoms with Gasteiger partial charge in [0.05, 0.1) is 6.26 Å². The van der Waals surface area contributed by atoms with Gasteiger partial charge < -0.3 is 4.74 Å². The minimum Gasteiger partial charge on any atom is -0.459 e. The molecule has 0 aromatic heterocycles. The molecule has 4 atom stereocenters. The second kappa shape index (κ2) is 5.01. The first-order valence-corrected chi connectivity index (χ1v) is 8.08. The Hall–Kier alpha value is -0.880. The van der Waals surface area contributed by atoms with Crippen LogP contribution in [0, 0.1) is 11.8 Å². The van der Waals surface area contributed by atoms with Crippen molar-refractivity contribution >= 4 is 16.0 Å². The molecule has 2 bridgehead atoms. The molecule has 0 radical (unpaired) electrons. The zero-order chi connectivity index (χ0) is 13.3. The van der Waals surface area contributed by atoms with Crippen LogP contribution in [-0.4, -0.2) is 32.8 Å². The highest BCUT2D eigenvalue weighted by molar-refractivity contribution is 7.88. The largest absolute Gasteiger partial charge is 0.459 e. The summed E-state index contributed by atoms with van der Waals surface area (Å²) in [6, 6.07) is -0.00238. The van der Waals surface area contributed by atoms with Gasteiger partial charge in [0.15, 0.2) is 0 Å². The summed E-state index contributed by atoms with van der Waals surface area (Å²) in [6.07, 6.45) is 5.79. The average Bonchev–Trinajstić information content (AvgIpc) is 2.28. The number of hydrogen-bond donors (Lipinski definition) is 1. The molecule has 0 aromatic rings. The van der Waals surface area contributed by atoms with Gasteiger partial charge in [0.2, 0.25) is 10.0 Å². The number of hydrogen-bond acceptors (Lipinski definition) is 4. The van der Waals surface area contributed by atoms with Crippen molar-refractivity contribution in [2.75, 3.05) is 6.26 Å². The van der Waals surface area contributed by atoms with Crippen molar-refractivity contribution in [1.29, 1.82) is 0 Å². The van der Waals surface area contributed by atoms with Gasteiger partial charge in [-0.1, -0.05) is 6.58 Å². The number of carbonyl (C=O) groups is 1. The van der Waals surface area contributed by atoms with Crippen molar-refractivity contribution in [3.8, 4) is 0 Å². The summed E-state index contributed by atoms with van der Waals surface area (Å²) < 4.78 is 30.6.